The first-order valence-electron chi connectivity index (χ1n) is 6.67. The minimum atomic E-state index is -0.537. The molecule has 2 heterocycles. The molecule has 0 bridgehead atoms. The topological polar surface area (TPSA) is 43.9 Å². The van der Waals surface area contributed by atoms with E-state index in [4.69, 9.17) is 11.6 Å². The van der Waals surface area contributed by atoms with Gasteiger partial charge < -0.3 is 0 Å². The number of benzene rings is 1. The molecule has 0 aromatic heterocycles. The quantitative estimate of drug-likeness (QED) is 0.834. The zero-order valence-electron chi connectivity index (χ0n) is 11.7. The first-order valence-corrected chi connectivity index (χ1v) is 7.05. The minimum absolute atomic E-state index is 0.0391. The molecule has 2 amide bonds. The van der Waals surface area contributed by atoms with E-state index in [-0.39, 0.29) is 16.8 Å². The van der Waals surface area contributed by atoms with Crippen molar-refractivity contribution in [3.8, 4) is 0 Å². The summed E-state index contributed by atoms with van der Waals surface area (Å²) in [5.74, 6) is -0.727. The van der Waals surface area contributed by atoms with Crippen LogP contribution < -0.4 is 4.90 Å². The lowest BCUT2D eigenvalue weighted by atomic mass is 10.2. The molecular formula is C14H15ClFN3O2. The summed E-state index contributed by atoms with van der Waals surface area (Å²) in [5, 5.41) is -0.0452. The molecule has 1 aromatic rings. The van der Waals surface area contributed by atoms with Gasteiger partial charge in [0.05, 0.1) is 5.02 Å². The SMILES string of the molecule is CN(C)C1N(c2ccc(F)c(Cl)c2)C(=O)C2CCC(=O)N21. The van der Waals surface area contributed by atoms with Gasteiger partial charge in [0.1, 0.15) is 11.9 Å². The molecule has 3 rings (SSSR count). The normalized spacial score (nSPS) is 25.2. The van der Waals surface area contributed by atoms with Gasteiger partial charge in [-0.05, 0) is 38.7 Å². The highest BCUT2D eigenvalue weighted by molar-refractivity contribution is 6.31. The van der Waals surface area contributed by atoms with Crippen LogP contribution in [0.4, 0.5) is 10.1 Å². The third-order valence-electron chi connectivity index (χ3n) is 3.90. The summed E-state index contributed by atoms with van der Waals surface area (Å²) in [6.45, 7) is 0. The number of anilines is 1. The standard InChI is InChI=1S/C14H15ClFN3O2/c1-17(2)14-18(8-3-4-10(16)9(15)7-8)13(21)11-5-6-12(20)19(11)14/h3-4,7,11,14H,5-6H2,1-2H3. The highest BCUT2D eigenvalue weighted by Crippen LogP contribution is 2.36. The zero-order valence-corrected chi connectivity index (χ0v) is 12.5. The van der Waals surface area contributed by atoms with E-state index in [1.807, 2.05) is 0 Å². The van der Waals surface area contributed by atoms with Crippen molar-refractivity contribution >= 4 is 29.1 Å². The van der Waals surface area contributed by atoms with Crippen LogP contribution in [0.2, 0.25) is 5.02 Å². The maximum atomic E-state index is 13.3. The summed E-state index contributed by atoms with van der Waals surface area (Å²) in [7, 11) is 3.59. The Hall–Kier alpha value is -1.66. The molecule has 0 radical (unpaired) electrons. The smallest absolute Gasteiger partial charge is 0.252 e. The number of rotatable bonds is 2. The van der Waals surface area contributed by atoms with Crippen LogP contribution in [-0.2, 0) is 9.59 Å². The average Bonchev–Trinajstić information content (AvgIpc) is 2.93. The monoisotopic (exact) mass is 311 g/mol. The van der Waals surface area contributed by atoms with Gasteiger partial charge in [-0.3, -0.25) is 24.3 Å². The van der Waals surface area contributed by atoms with E-state index < -0.39 is 18.1 Å². The van der Waals surface area contributed by atoms with Crippen molar-refractivity contribution in [2.24, 2.45) is 0 Å². The van der Waals surface area contributed by atoms with Crippen LogP contribution in [-0.4, -0.2) is 48.0 Å². The Bertz CT molecular complexity index is 622. The predicted molar refractivity (Wildman–Crippen MR) is 76.2 cm³/mol. The van der Waals surface area contributed by atoms with E-state index in [0.717, 1.165) is 0 Å². The van der Waals surface area contributed by atoms with Gasteiger partial charge in [-0.2, -0.15) is 0 Å². The Kier molecular flexibility index (Phi) is 3.37. The molecule has 2 saturated heterocycles. The molecule has 1 aromatic carbocycles. The fourth-order valence-corrected chi connectivity index (χ4v) is 3.18. The molecule has 112 valence electrons. The molecule has 0 saturated carbocycles. The van der Waals surface area contributed by atoms with Crippen molar-refractivity contribution in [2.75, 3.05) is 19.0 Å². The van der Waals surface area contributed by atoms with Crippen molar-refractivity contribution < 1.29 is 14.0 Å². The Morgan fingerprint density at radius 2 is 2.05 bits per heavy atom. The summed E-state index contributed by atoms with van der Waals surface area (Å²) in [6, 6.07) is 3.71. The summed E-state index contributed by atoms with van der Waals surface area (Å²) in [6.07, 6.45) is 0.408. The molecule has 21 heavy (non-hydrogen) atoms. The maximum Gasteiger partial charge on any atom is 0.252 e. The van der Waals surface area contributed by atoms with E-state index in [2.05, 4.69) is 0 Å². The molecule has 0 N–H and O–H groups in total. The third-order valence-corrected chi connectivity index (χ3v) is 4.19. The van der Waals surface area contributed by atoms with Crippen LogP contribution in [0.5, 0.6) is 0 Å². The molecule has 2 atom stereocenters. The van der Waals surface area contributed by atoms with Crippen molar-refractivity contribution in [3.63, 3.8) is 0 Å². The van der Waals surface area contributed by atoms with Gasteiger partial charge in [-0.25, -0.2) is 4.39 Å². The summed E-state index contributed by atoms with van der Waals surface area (Å²) in [5.41, 5.74) is 0.493. The number of hydrogen-bond acceptors (Lipinski definition) is 3. The lowest BCUT2D eigenvalue weighted by Crippen LogP contribution is -2.51. The second kappa shape index (κ2) is 4.96. The van der Waals surface area contributed by atoms with Gasteiger partial charge in [-0.15, -0.1) is 0 Å². The van der Waals surface area contributed by atoms with Crippen LogP contribution in [0.15, 0.2) is 18.2 Å². The van der Waals surface area contributed by atoms with Gasteiger partial charge in [0.25, 0.3) is 5.91 Å². The molecule has 0 aliphatic carbocycles. The lowest BCUT2D eigenvalue weighted by molar-refractivity contribution is -0.133. The molecule has 2 fully saturated rings. The summed E-state index contributed by atoms with van der Waals surface area (Å²) >= 11 is 5.81. The van der Waals surface area contributed by atoms with E-state index in [0.29, 0.717) is 18.5 Å². The lowest BCUT2D eigenvalue weighted by Gasteiger charge is -2.34. The number of carbonyl (C=O) groups excluding carboxylic acids is 2. The fraction of sp³-hybridized carbons (Fsp3) is 0.429. The highest BCUT2D eigenvalue weighted by Gasteiger charge is 2.53. The molecular weight excluding hydrogens is 297 g/mol. The van der Waals surface area contributed by atoms with Gasteiger partial charge in [0.15, 0.2) is 6.29 Å². The molecule has 0 spiro atoms. The van der Waals surface area contributed by atoms with Crippen LogP contribution in [0.25, 0.3) is 0 Å². The number of carbonyl (C=O) groups is 2. The minimum Gasteiger partial charge on any atom is -0.297 e. The van der Waals surface area contributed by atoms with E-state index >= 15 is 0 Å². The number of nitrogens with zero attached hydrogens (tertiary/aromatic N) is 3. The van der Waals surface area contributed by atoms with Crippen molar-refractivity contribution in [3.05, 3.63) is 29.0 Å². The number of fused-ring (bicyclic) bond motifs is 1. The van der Waals surface area contributed by atoms with Crippen molar-refractivity contribution in [2.45, 2.75) is 25.2 Å². The molecule has 2 aliphatic rings. The van der Waals surface area contributed by atoms with Crippen LogP contribution in [0.3, 0.4) is 0 Å². The Balaban J connectivity index is 2.05. The van der Waals surface area contributed by atoms with Gasteiger partial charge in [0.2, 0.25) is 5.91 Å². The van der Waals surface area contributed by atoms with Gasteiger partial charge in [0, 0.05) is 12.1 Å². The number of hydrogen-bond donors (Lipinski definition) is 0. The number of halogens is 2. The number of amides is 2. The van der Waals surface area contributed by atoms with Crippen LogP contribution >= 0.6 is 11.6 Å². The second-order valence-corrected chi connectivity index (χ2v) is 5.88. The highest BCUT2D eigenvalue weighted by atomic mass is 35.5. The first kappa shape index (κ1) is 14.3. The Morgan fingerprint density at radius 3 is 2.67 bits per heavy atom. The zero-order chi connectivity index (χ0) is 15.3. The predicted octanol–water partition coefficient (Wildman–Crippen LogP) is 1.66. The fourth-order valence-electron chi connectivity index (χ4n) is 3.01. The van der Waals surface area contributed by atoms with Crippen LogP contribution in [0, 0.1) is 5.82 Å². The Morgan fingerprint density at radius 1 is 1.33 bits per heavy atom. The van der Waals surface area contributed by atoms with Gasteiger partial charge >= 0.3 is 0 Å². The summed E-state index contributed by atoms with van der Waals surface area (Å²) < 4.78 is 13.3. The molecule has 2 unspecified atom stereocenters. The Labute approximate surface area is 126 Å². The van der Waals surface area contributed by atoms with Gasteiger partial charge in [-0.1, -0.05) is 11.6 Å². The van der Waals surface area contributed by atoms with Crippen molar-refractivity contribution in [1.82, 2.24) is 9.80 Å². The third kappa shape index (κ3) is 2.10. The van der Waals surface area contributed by atoms with Crippen molar-refractivity contribution in [1.29, 1.82) is 0 Å². The second-order valence-electron chi connectivity index (χ2n) is 5.47. The van der Waals surface area contributed by atoms with E-state index in [9.17, 15) is 14.0 Å². The van der Waals surface area contributed by atoms with Crippen LogP contribution in [0.1, 0.15) is 12.8 Å². The molecule has 2 aliphatic heterocycles. The first-order chi connectivity index (χ1) is 9.91. The maximum absolute atomic E-state index is 13.3. The van der Waals surface area contributed by atoms with E-state index in [1.165, 1.54) is 23.1 Å². The largest absolute Gasteiger partial charge is 0.297 e. The average molecular weight is 312 g/mol. The molecule has 7 heteroatoms. The molecule has 5 nitrogen and oxygen atoms in total. The van der Waals surface area contributed by atoms with E-state index in [1.54, 1.807) is 23.9 Å². The summed E-state index contributed by atoms with van der Waals surface area (Å²) in [4.78, 5) is 29.6.